The van der Waals surface area contributed by atoms with Gasteiger partial charge in [0.25, 0.3) is 11.8 Å². The maximum absolute atomic E-state index is 14.2. The van der Waals surface area contributed by atoms with Crippen LogP contribution in [0.1, 0.15) is 43.2 Å². The van der Waals surface area contributed by atoms with Crippen LogP contribution in [-0.2, 0) is 4.79 Å². The molecule has 1 aliphatic heterocycles. The number of anilines is 1. The Kier molecular flexibility index (Phi) is 6.49. The van der Waals surface area contributed by atoms with E-state index in [0.717, 1.165) is 29.3 Å². The predicted molar refractivity (Wildman–Crippen MR) is 128 cm³/mol. The van der Waals surface area contributed by atoms with Crippen LogP contribution < -0.4 is 20.5 Å². The van der Waals surface area contributed by atoms with Gasteiger partial charge in [-0.25, -0.2) is 28.8 Å². The summed E-state index contributed by atoms with van der Waals surface area (Å²) < 4.78 is 33.1. The van der Waals surface area contributed by atoms with E-state index >= 15 is 0 Å². The summed E-state index contributed by atoms with van der Waals surface area (Å²) in [4.78, 5) is 52.6. The number of carbonyl (C=O) groups excluding carboxylic acids is 3. The fourth-order valence-electron chi connectivity index (χ4n) is 4.01. The van der Waals surface area contributed by atoms with Gasteiger partial charge in [-0.3, -0.25) is 14.9 Å². The highest BCUT2D eigenvalue weighted by Crippen LogP contribution is 2.37. The summed E-state index contributed by atoms with van der Waals surface area (Å²) in [5.41, 5.74) is 3.04. The van der Waals surface area contributed by atoms with E-state index < -0.39 is 41.0 Å². The minimum absolute atomic E-state index is 0.0374. The molecule has 4 amide bonds. The van der Waals surface area contributed by atoms with Crippen molar-refractivity contribution in [3.05, 3.63) is 81.7 Å². The molecule has 3 aromatic rings. The number of methoxy groups -OCH3 is 1. The number of carboxylic acid groups (broad SMARTS) is 1. The summed E-state index contributed by atoms with van der Waals surface area (Å²) >= 11 is 0. The number of carboxylic acids is 1. The lowest BCUT2D eigenvalue weighted by Gasteiger charge is -2.18. The van der Waals surface area contributed by atoms with Crippen LogP contribution in [0.4, 0.5) is 19.3 Å². The summed E-state index contributed by atoms with van der Waals surface area (Å²) in [7, 11) is 1.32. The van der Waals surface area contributed by atoms with Crippen LogP contribution in [0.5, 0.6) is 5.75 Å². The highest BCUT2D eigenvalue weighted by atomic mass is 19.1. The van der Waals surface area contributed by atoms with Gasteiger partial charge >= 0.3 is 12.0 Å². The molecule has 4 rings (SSSR count). The lowest BCUT2D eigenvalue weighted by molar-refractivity contribution is -0.113. The third kappa shape index (κ3) is 4.63. The first kappa shape index (κ1) is 25.1. The van der Waals surface area contributed by atoms with Crippen LogP contribution in [0.3, 0.4) is 0 Å². The van der Waals surface area contributed by atoms with Crippen LogP contribution in [0.25, 0.3) is 11.6 Å². The molecule has 37 heavy (non-hydrogen) atoms. The molecule has 0 spiro atoms. The smallest absolute Gasteiger partial charge is 0.340 e. The Morgan fingerprint density at radius 1 is 1.11 bits per heavy atom. The molecule has 2 heterocycles. The Hall–Kier alpha value is -5.00. The number of aromatic amines is 1. The van der Waals surface area contributed by atoms with Crippen LogP contribution in [0.2, 0.25) is 0 Å². The lowest BCUT2D eigenvalue weighted by Crippen LogP contribution is -2.50. The van der Waals surface area contributed by atoms with E-state index in [9.17, 15) is 33.1 Å². The summed E-state index contributed by atoms with van der Waals surface area (Å²) in [5, 5.41) is 12.2. The highest BCUT2D eigenvalue weighted by Gasteiger charge is 2.35. The van der Waals surface area contributed by atoms with Gasteiger partial charge in [0.05, 0.1) is 29.5 Å². The van der Waals surface area contributed by atoms with Crippen molar-refractivity contribution in [3.63, 3.8) is 0 Å². The molecule has 0 aliphatic carbocycles. The Balaban J connectivity index is 1.62. The van der Waals surface area contributed by atoms with E-state index in [0.29, 0.717) is 17.0 Å². The average molecular weight is 510 g/mol. The number of amides is 4. The van der Waals surface area contributed by atoms with Gasteiger partial charge in [0.1, 0.15) is 17.4 Å². The molecule has 1 aliphatic rings. The van der Waals surface area contributed by atoms with Gasteiger partial charge in [-0.2, -0.15) is 0 Å². The number of carbonyl (C=O) groups is 4. The van der Waals surface area contributed by atoms with Gasteiger partial charge in [-0.15, -0.1) is 0 Å². The number of hydrogen-bond donors (Lipinski definition) is 4. The Labute approximate surface area is 208 Å². The first-order valence-electron chi connectivity index (χ1n) is 10.8. The SMILES string of the molecule is COc1ccc(C(=O)NC(=O)NN2C(=O)/C(=C\c3[nH]c(C)c(C(=O)O)c3C)c3cc(F)ccc32)c(F)c1. The molecular weight excluding hydrogens is 490 g/mol. The summed E-state index contributed by atoms with van der Waals surface area (Å²) in [6.45, 7) is 3.11. The number of imide groups is 1. The van der Waals surface area contributed by atoms with Crippen LogP contribution in [-0.4, -0.2) is 41.0 Å². The zero-order valence-corrected chi connectivity index (χ0v) is 19.7. The molecule has 0 bridgehead atoms. The molecule has 0 radical (unpaired) electrons. The minimum atomic E-state index is -1.15. The fraction of sp³-hybridized carbons (Fsp3) is 0.120. The number of aryl methyl sites for hydroxylation is 1. The highest BCUT2D eigenvalue weighted by molar-refractivity contribution is 6.36. The molecular formula is C25H20F2N4O6. The molecule has 10 nitrogen and oxygen atoms in total. The number of rotatable bonds is 5. The standard InChI is InChI=1S/C25H20F2N4O6/c1-11-19(28-12(2)21(11)24(34)35)10-17-16-8-13(26)4-7-20(16)31(23(17)33)30-25(36)29-22(32)15-6-5-14(37-3)9-18(15)27/h4-10,28H,1-3H3,(H,34,35)(H2,29,30,32,36)/b17-10-. The second-order valence-electron chi connectivity index (χ2n) is 8.07. The lowest BCUT2D eigenvalue weighted by atomic mass is 10.0. The largest absolute Gasteiger partial charge is 0.497 e. The van der Waals surface area contributed by atoms with Crippen molar-refractivity contribution in [2.75, 3.05) is 12.1 Å². The predicted octanol–water partition coefficient (Wildman–Crippen LogP) is 3.56. The number of halogens is 2. The van der Waals surface area contributed by atoms with E-state index in [4.69, 9.17) is 4.74 Å². The van der Waals surface area contributed by atoms with E-state index in [1.807, 2.05) is 5.32 Å². The molecule has 1 aromatic heterocycles. The maximum Gasteiger partial charge on any atom is 0.340 e. The molecule has 190 valence electrons. The number of benzene rings is 2. The average Bonchev–Trinajstić information content (AvgIpc) is 3.25. The van der Waals surface area contributed by atoms with E-state index in [-0.39, 0.29) is 28.1 Å². The second kappa shape index (κ2) is 9.57. The summed E-state index contributed by atoms with van der Waals surface area (Å²) in [6.07, 6.45) is 1.35. The maximum atomic E-state index is 14.2. The molecule has 0 unspecified atom stereocenters. The number of ether oxygens (including phenoxy) is 1. The molecule has 0 saturated carbocycles. The quantitative estimate of drug-likeness (QED) is 0.387. The van der Waals surface area contributed by atoms with Gasteiger partial charge < -0.3 is 14.8 Å². The van der Waals surface area contributed by atoms with Crippen molar-refractivity contribution in [3.8, 4) is 5.75 Å². The van der Waals surface area contributed by atoms with Crippen molar-refractivity contribution in [2.45, 2.75) is 13.8 Å². The number of aromatic nitrogens is 1. The normalized spacial score (nSPS) is 13.5. The number of hydrazine groups is 1. The number of nitrogens with zero attached hydrogens (tertiary/aromatic N) is 1. The van der Waals surface area contributed by atoms with Gasteiger partial charge in [0.15, 0.2) is 0 Å². The number of aromatic carboxylic acids is 1. The summed E-state index contributed by atoms with van der Waals surface area (Å²) in [6, 6.07) is 5.70. The number of fused-ring (bicyclic) bond motifs is 1. The zero-order valence-electron chi connectivity index (χ0n) is 19.7. The van der Waals surface area contributed by atoms with Crippen LogP contribution >= 0.6 is 0 Å². The monoisotopic (exact) mass is 510 g/mol. The van der Waals surface area contributed by atoms with E-state index in [2.05, 4.69) is 10.4 Å². The third-order valence-electron chi connectivity index (χ3n) is 5.76. The van der Waals surface area contributed by atoms with Crippen LogP contribution in [0, 0.1) is 25.5 Å². The van der Waals surface area contributed by atoms with Gasteiger partial charge in [-0.05, 0) is 55.8 Å². The van der Waals surface area contributed by atoms with Gasteiger partial charge in [-0.1, -0.05) is 0 Å². The van der Waals surface area contributed by atoms with Crippen molar-refractivity contribution in [1.82, 2.24) is 15.7 Å². The molecule has 12 heteroatoms. The molecule has 0 saturated heterocycles. The van der Waals surface area contributed by atoms with Crippen molar-refractivity contribution in [1.29, 1.82) is 0 Å². The van der Waals surface area contributed by atoms with Gasteiger partial charge in [0, 0.05) is 23.0 Å². The number of H-pyrrole nitrogens is 1. The fourth-order valence-corrected chi connectivity index (χ4v) is 4.01. The second-order valence-corrected chi connectivity index (χ2v) is 8.07. The first-order chi connectivity index (χ1) is 17.5. The Bertz CT molecular complexity index is 1510. The van der Waals surface area contributed by atoms with Crippen molar-refractivity contribution < 1.29 is 37.8 Å². The topological polar surface area (TPSA) is 141 Å². The molecule has 0 fully saturated rings. The summed E-state index contributed by atoms with van der Waals surface area (Å²) in [5.74, 6) is -4.41. The van der Waals surface area contributed by atoms with Crippen molar-refractivity contribution >= 4 is 41.2 Å². The van der Waals surface area contributed by atoms with Crippen LogP contribution in [0.15, 0.2) is 36.4 Å². The van der Waals surface area contributed by atoms with Crippen molar-refractivity contribution in [2.24, 2.45) is 0 Å². The number of nitrogens with one attached hydrogen (secondary N) is 3. The first-order valence-corrected chi connectivity index (χ1v) is 10.8. The third-order valence-corrected chi connectivity index (χ3v) is 5.76. The van der Waals surface area contributed by atoms with E-state index in [1.54, 1.807) is 13.8 Å². The molecule has 2 aromatic carbocycles. The Morgan fingerprint density at radius 2 is 1.84 bits per heavy atom. The zero-order chi connectivity index (χ0) is 27.0. The Morgan fingerprint density at radius 3 is 2.46 bits per heavy atom. The molecule has 4 N–H and O–H groups in total. The number of hydrogen-bond acceptors (Lipinski definition) is 5. The minimum Gasteiger partial charge on any atom is -0.497 e. The number of urea groups is 1. The van der Waals surface area contributed by atoms with E-state index in [1.165, 1.54) is 25.3 Å². The van der Waals surface area contributed by atoms with Gasteiger partial charge in [0.2, 0.25) is 0 Å². The molecule has 0 atom stereocenters.